The summed E-state index contributed by atoms with van der Waals surface area (Å²) in [6, 6.07) is 7.87. The van der Waals surface area contributed by atoms with Crippen molar-refractivity contribution in [2.24, 2.45) is 0 Å². The number of hydrogen-bond donors (Lipinski definition) is 1. The van der Waals surface area contributed by atoms with Crippen LogP contribution in [0.1, 0.15) is 26.0 Å². The summed E-state index contributed by atoms with van der Waals surface area (Å²) >= 11 is 0. The Morgan fingerprint density at radius 2 is 2.36 bits per heavy atom. The van der Waals surface area contributed by atoms with Gasteiger partial charge in [0, 0.05) is 6.20 Å². The molecule has 14 heavy (non-hydrogen) atoms. The maximum atomic E-state index is 9.11. The minimum absolute atomic E-state index is 0.669. The van der Waals surface area contributed by atoms with Crippen LogP contribution < -0.4 is 5.32 Å². The molecule has 1 rings (SSSR count). The van der Waals surface area contributed by atoms with Gasteiger partial charge in [0.1, 0.15) is 5.54 Å². The van der Waals surface area contributed by atoms with Gasteiger partial charge in [0.05, 0.1) is 11.8 Å². The van der Waals surface area contributed by atoms with Gasteiger partial charge in [-0.3, -0.25) is 10.3 Å². The quantitative estimate of drug-likeness (QED) is 0.786. The van der Waals surface area contributed by atoms with Crippen molar-refractivity contribution < 1.29 is 0 Å². The van der Waals surface area contributed by atoms with Crippen molar-refractivity contribution in [2.75, 3.05) is 6.54 Å². The van der Waals surface area contributed by atoms with E-state index in [1.165, 1.54) is 0 Å². The zero-order valence-electron chi connectivity index (χ0n) is 8.62. The van der Waals surface area contributed by atoms with Crippen molar-refractivity contribution in [3.8, 4) is 6.07 Å². The average Bonchev–Trinajstić information content (AvgIpc) is 2.27. The maximum absolute atomic E-state index is 9.11. The molecule has 0 amide bonds. The molecule has 3 heteroatoms. The molecule has 1 aromatic heterocycles. The highest BCUT2D eigenvalue weighted by Crippen LogP contribution is 2.16. The van der Waals surface area contributed by atoms with E-state index in [1.54, 1.807) is 6.20 Å². The third-order valence-electron chi connectivity index (χ3n) is 2.13. The van der Waals surface area contributed by atoms with Gasteiger partial charge in [0.25, 0.3) is 0 Å². The number of rotatable bonds is 4. The van der Waals surface area contributed by atoms with E-state index in [1.807, 2.05) is 25.1 Å². The first-order valence-corrected chi connectivity index (χ1v) is 4.80. The van der Waals surface area contributed by atoms with Crippen molar-refractivity contribution in [1.29, 1.82) is 5.26 Å². The molecule has 0 spiro atoms. The van der Waals surface area contributed by atoms with Gasteiger partial charge in [-0.15, -0.1) is 0 Å². The molecule has 0 aromatic carbocycles. The normalized spacial score (nSPS) is 14.4. The highest BCUT2D eigenvalue weighted by atomic mass is 15.0. The van der Waals surface area contributed by atoms with Gasteiger partial charge in [-0.1, -0.05) is 13.0 Å². The summed E-state index contributed by atoms with van der Waals surface area (Å²) in [4.78, 5) is 4.19. The Hall–Kier alpha value is -1.40. The molecule has 1 atom stereocenters. The number of pyridine rings is 1. The van der Waals surface area contributed by atoms with Gasteiger partial charge < -0.3 is 0 Å². The summed E-state index contributed by atoms with van der Waals surface area (Å²) in [5.41, 5.74) is 0.105. The van der Waals surface area contributed by atoms with E-state index in [-0.39, 0.29) is 0 Å². The summed E-state index contributed by atoms with van der Waals surface area (Å²) in [7, 11) is 0. The number of nitriles is 1. The van der Waals surface area contributed by atoms with Crippen LogP contribution in [0.15, 0.2) is 24.4 Å². The second-order valence-electron chi connectivity index (χ2n) is 3.38. The fourth-order valence-corrected chi connectivity index (χ4v) is 1.22. The van der Waals surface area contributed by atoms with Crippen LogP contribution in [0.25, 0.3) is 0 Å². The van der Waals surface area contributed by atoms with Gasteiger partial charge in [-0.2, -0.15) is 5.26 Å². The molecule has 0 saturated carbocycles. The van der Waals surface area contributed by atoms with Crippen LogP contribution in [-0.2, 0) is 5.54 Å². The molecule has 0 bridgehead atoms. The largest absolute Gasteiger partial charge is 0.295 e. The Balaban J connectivity index is 2.86. The van der Waals surface area contributed by atoms with E-state index < -0.39 is 5.54 Å². The van der Waals surface area contributed by atoms with E-state index >= 15 is 0 Å². The van der Waals surface area contributed by atoms with Crippen LogP contribution in [0.4, 0.5) is 0 Å². The molecular formula is C11H15N3. The Morgan fingerprint density at radius 1 is 1.57 bits per heavy atom. The molecular weight excluding hydrogens is 174 g/mol. The summed E-state index contributed by atoms with van der Waals surface area (Å²) in [6.07, 6.45) is 2.71. The summed E-state index contributed by atoms with van der Waals surface area (Å²) < 4.78 is 0. The van der Waals surface area contributed by atoms with Crippen molar-refractivity contribution in [3.05, 3.63) is 30.1 Å². The van der Waals surface area contributed by atoms with E-state index in [2.05, 4.69) is 23.3 Å². The van der Waals surface area contributed by atoms with Crippen molar-refractivity contribution >= 4 is 0 Å². The molecule has 0 saturated heterocycles. The minimum atomic E-state index is -0.669. The maximum Gasteiger partial charge on any atom is 0.146 e. The van der Waals surface area contributed by atoms with E-state index in [9.17, 15) is 0 Å². The van der Waals surface area contributed by atoms with Crippen LogP contribution in [0.5, 0.6) is 0 Å². The Labute approximate surface area is 84.8 Å². The van der Waals surface area contributed by atoms with E-state index in [4.69, 9.17) is 5.26 Å². The zero-order valence-corrected chi connectivity index (χ0v) is 8.62. The van der Waals surface area contributed by atoms with Gasteiger partial charge >= 0.3 is 0 Å². The molecule has 1 aromatic rings. The Kier molecular flexibility index (Phi) is 3.61. The molecule has 1 heterocycles. The van der Waals surface area contributed by atoms with Gasteiger partial charge in [0.2, 0.25) is 0 Å². The summed E-state index contributed by atoms with van der Waals surface area (Å²) in [6.45, 7) is 4.74. The number of hydrogen-bond acceptors (Lipinski definition) is 3. The molecule has 1 unspecified atom stereocenters. The van der Waals surface area contributed by atoms with Crippen molar-refractivity contribution in [1.82, 2.24) is 10.3 Å². The highest BCUT2D eigenvalue weighted by molar-refractivity contribution is 5.23. The van der Waals surface area contributed by atoms with Crippen molar-refractivity contribution in [3.63, 3.8) is 0 Å². The van der Waals surface area contributed by atoms with E-state index in [0.29, 0.717) is 0 Å². The third-order valence-corrected chi connectivity index (χ3v) is 2.13. The lowest BCUT2D eigenvalue weighted by atomic mass is 9.99. The number of aromatic nitrogens is 1. The summed E-state index contributed by atoms with van der Waals surface area (Å²) in [5, 5.41) is 12.3. The van der Waals surface area contributed by atoms with Gasteiger partial charge in [0.15, 0.2) is 0 Å². The Morgan fingerprint density at radius 3 is 2.86 bits per heavy atom. The van der Waals surface area contributed by atoms with Crippen LogP contribution in [0.3, 0.4) is 0 Å². The monoisotopic (exact) mass is 189 g/mol. The van der Waals surface area contributed by atoms with Crippen LogP contribution >= 0.6 is 0 Å². The topological polar surface area (TPSA) is 48.7 Å². The highest BCUT2D eigenvalue weighted by Gasteiger charge is 2.26. The minimum Gasteiger partial charge on any atom is -0.295 e. The fourth-order valence-electron chi connectivity index (χ4n) is 1.22. The lowest BCUT2D eigenvalue weighted by molar-refractivity contribution is 0.454. The SMILES string of the molecule is CCCNC(C)(C#N)c1ccccn1. The second-order valence-corrected chi connectivity index (χ2v) is 3.38. The lowest BCUT2D eigenvalue weighted by Gasteiger charge is -2.22. The average molecular weight is 189 g/mol. The Bertz CT molecular complexity index is 315. The lowest BCUT2D eigenvalue weighted by Crippen LogP contribution is -2.39. The van der Waals surface area contributed by atoms with Gasteiger partial charge in [-0.05, 0) is 32.0 Å². The van der Waals surface area contributed by atoms with Crippen molar-refractivity contribution in [2.45, 2.75) is 25.8 Å². The zero-order chi connectivity index (χ0) is 10.4. The smallest absolute Gasteiger partial charge is 0.146 e. The first kappa shape index (κ1) is 10.7. The summed E-state index contributed by atoms with van der Waals surface area (Å²) in [5.74, 6) is 0. The van der Waals surface area contributed by atoms with Crippen LogP contribution in [0, 0.1) is 11.3 Å². The molecule has 74 valence electrons. The van der Waals surface area contributed by atoms with Crippen LogP contribution in [0.2, 0.25) is 0 Å². The molecule has 0 aliphatic heterocycles. The molecule has 0 radical (unpaired) electrons. The number of nitrogens with one attached hydrogen (secondary N) is 1. The predicted molar refractivity (Wildman–Crippen MR) is 55.5 cm³/mol. The van der Waals surface area contributed by atoms with Crippen LogP contribution in [-0.4, -0.2) is 11.5 Å². The molecule has 0 fully saturated rings. The second kappa shape index (κ2) is 4.73. The van der Waals surface area contributed by atoms with E-state index in [0.717, 1.165) is 18.7 Å². The first-order chi connectivity index (χ1) is 6.73. The molecule has 0 aliphatic rings. The molecule has 1 N–H and O–H groups in total. The molecule has 3 nitrogen and oxygen atoms in total. The number of nitrogens with zero attached hydrogens (tertiary/aromatic N) is 2. The van der Waals surface area contributed by atoms with Gasteiger partial charge in [-0.25, -0.2) is 0 Å². The molecule has 0 aliphatic carbocycles. The fraction of sp³-hybridized carbons (Fsp3) is 0.455. The third kappa shape index (κ3) is 2.30. The predicted octanol–water partition coefficient (Wildman–Crippen LogP) is 1.82. The first-order valence-electron chi connectivity index (χ1n) is 4.80. The standard InChI is InChI=1S/C11H15N3/c1-3-7-14-11(2,9-12)10-6-4-5-8-13-10/h4-6,8,14H,3,7H2,1-2H3.